The van der Waals surface area contributed by atoms with E-state index in [9.17, 15) is 19.2 Å². The smallest absolute Gasteiger partial charge is 0.407 e. The summed E-state index contributed by atoms with van der Waals surface area (Å²) < 4.78 is 14.7. The molecule has 0 aromatic carbocycles. The molecule has 2 amide bonds. The molecule has 0 aliphatic carbocycles. The van der Waals surface area contributed by atoms with E-state index in [4.69, 9.17) is 26.2 Å². The molecule has 0 rings (SSSR count). The number of carbonyl (C=O) groups excluding carboxylic acids is 3. The van der Waals surface area contributed by atoms with E-state index in [1.807, 2.05) is 0 Å². The van der Waals surface area contributed by atoms with E-state index >= 15 is 0 Å². The van der Waals surface area contributed by atoms with Crippen LogP contribution in [0.25, 0.3) is 0 Å². The van der Waals surface area contributed by atoms with Gasteiger partial charge in [-0.05, 0) is 69.2 Å². The molecular weight excluding hydrogens is 444 g/mol. The van der Waals surface area contributed by atoms with Crippen molar-refractivity contribution in [1.29, 1.82) is 0 Å². The number of carboxylic acids is 1. The number of nitrogens with one attached hydrogen (secondary N) is 2. The average Bonchev–Trinajstić information content (AvgIpc) is 2.56. The van der Waals surface area contributed by atoms with E-state index in [-0.39, 0.29) is 19.2 Å². The minimum Gasteiger partial charge on any atom is -0.481 e. The molecule has 0 unspecified atom stereocenters. The molecule has 0 saturated heterocycles. The van der Waals surface area contributed by atoms with Crippen molar-refractivity contribution in [3.05, 3.63) is 0 Å². The normalized spacial score (nSPS) is 12.0. The molecule has 0 atom stereocenters. The third-order valence-electron chi connectivity index (χ3n) is 3.46. The topological polar surface area (TPSA) is 140 Å². The maximum absolute atomic E-state index is 11.5. The van der Waals surface area contributed by atoms with Gasteiger partial charge in [-0.3, -0.25) is 9.59 Å². The van der Waals surface area contributed by atoms with Crippen LogP contribution in [0.15, 0.2) is 0 Å². The van der Waals surface area contributed by atoms with Crippen molar-refractivity contribution in [2.45, 2.75) is 80.4 Å². The number of carboxylic acid groups (broad SMARTS) is 1. The number of alkyl carbamates (subject to hydrolysis) is 2. The lowest BCUT2D eigenvalue weighted by Crippen LogP contribution is -2.42. The minimum absolute atomic E-state index is 0.0389. The lowest BCUT2D eigenvalue weighted by Gasteiger charge is -2.24. The number of carbonyl (C=O) groups is 4. The zero-order valence-electron chi connectivity index (χ0n) is 20.8. The van der Waals surface area contributed by atoms with Crippen LogP contribution in [-0.2, 0) is 23.8 Å². The zero-order valence-corrected chi connectivity index (χ0v) is 21.6. The highest BCUT2D eigenvalue weighted by Crippen LogP contribution is 2.17. The zero-order chi connectivity index (χ0) is 26.0. The van der Waals surface area contributed by atoms with Crippen LogP contribution in [0.2, 0.25) is 0 Å². The summed E-state index contributed by atoms with van der Waals surface area (Å²) >= 11 is 5.30. The summed E-state index contributed by atoms with van der Waals surface area (Å²) in [6.07, 6.45) is -1.17. The Bertz CT molecular complexity index is 649. The Morgan fingerprint density at radius 3 is 1.34 bits per heavy atom. The van der Waals surface area contributed by atoms with Gasteiger partial charge in [0.25, 0.3) is 0 Å². The largest absolute Gasteiger partial charge is 0.481 e. The molecule has 3 N–H and O–H groups in total. The van der Waals surface area contributed by atoms with Crippen LogP contribution in [0.3, 0.4) is 0 Å². The Labute approximate surface area is 195 Å². The lowest BCUT2D eigenvalue weighted by molar-refractivity contribution is -0.151. The first-order valence-electron chi connectivity index (χ1n) is 10.0. The molecule has 0 fully saturated rings. The maximum atomic E-state index is 11.5. The van der Waals surface area contributed by atoms with Gasteiger partial charge < -0.3 is 30.0 Å². The molecule has 188 valence electrons. The SMILES string of the molecule is CC(C)(C)OC(=O)NCC(C)(C)C(=O)O.CC(C)(C)OC(=O)NCC(C)(C)C(=O)OCCl. The van der Waals surface area contributed by atoms with Crippen molar-refractivity contribution in [3.8, 4) is 0 Å². The van der Waals surface area contributed by atoms with Crippen molar-refractivity contribution >= 4 is 35.7 Å². The highest BCUT2D eigenvalue weighted by atomic mass is 35.5. The second-order valence-electron chi connectivity index (χ2n) is 10.3. The molecule has 0 saturated carbocycles. The summed E-state index contributed by atoms with van der Waals surface area (Å²) in [6.45, 7) is 17.1. The minimum atomic E-state index is -0.989. The first kappa shape index (κ1) is 32.0. The molecule has 0 radical (unpaired) electrons. The van der Waals surface area contributed by atoms with Crippen LogP contribution in [0, 0.1) is 10.8 Å². The predicted molar refractivity (Wildman–Crippen MR) is 120 cm³/mol. The maximum Gasteiger partial charge on any atom is 0.407 e. The fourth-order valence-corrected chi connectivity index (χ4v) is 1.71. The van der Waals surface area contributed by atoms with Crippen LogP contribution in [0.1, 0.15) is 69.2 Å². The monoisotopic (exact) mass is 482 g/mol. The predicted octanol–water partition coefficient (Wildman–Crippen LogP) is 3.90. The summed E-state index contributed by atoms with van der Waals surface area (Å²) in [4.78, 5) is 44.8. The summed E-state index contributed by atoms with van der Waals surface area (Å²) in [7, 11) is 0. The van der Waals surface area contributed by atoms with Crippen LogP contribution in [0.5, 0.6) is 0 Å². The van der Waals surface area contributed by atoms with Gasteiger partial charge in [0.1, 0.15) is 11.2 Å². The van der Waals surface area contributed by atoms with Crippen molar-refractivity contribution in [2.75, 3.05) is 19.2 Å². The molecule has 0 heterocycles. The standard InChI is InChI=1S/C11H20ClNO4.C10H19NO4/c1-10(2,3)17-9(15)13-6-11(4,5)8(14)16-7-12;1-9(2,3)15-8(14)11-6-10(4,5)7(12)13/h6-7H2,1-5H3,(H,13,15);6H2,1-5H3,(H,11,14)(H,12,13). The van der Waals surface area contributed by atoms with E-state index in [2.05, 4.69) is 15.4 Å². The Kier molecular flexibility index (Phi) is 12.7. The first-order valence-corrected chi connectivity index (χ1v) is 10.6. The van der Waals surface area contributed by atoms with Gasteiger partial charge in [0.05, 0.1) is 10.8 Å². The van der Waals surface area contributed by atoms with Crippen LogP contribution in [0.4, 0.5) is 9.59 Å². The molecule has 10 nitrogen and oxygen atoms in total. The summed E-state index contributed by atoms with van der Waals surface area (Å²) in [6, 6.07) is -0.200. The number of ether oxygens (including phenoxy) is 3. The number of rotatable bonds is 7. The quantitative estimate of drug-likeness (QED) is 0.282. The Morgan fingerprint density at radius 1 is 0.719 bits per heavy atom. The number of alkyl halides is 1. The van der Waals surface area contributed by atoms with Gasteiger partial charge in [0.2, 0.25) is 0 Å². The summed E-state index contributed by atoms with van der Waals surface area (Å²) in [5, 5.41) is 13.7. The molecule has 0 bridgehead atoms. The number of hydrogen-bond acceptors (Lipinski definition) is 7. The van der Waals surface area contributed by atoms with Gasteiger partial charge in [0.15, 0.2) is 6.07 Å². The highest BCUT2D eigenvalue weighted by Gasteiger charge is 2.31. The average molecular weight is 483 g/mol. The van der Waals surface area contributed by atoms with Crippen molar-refractivity contribution in [2.24, 2.45) is 10.8 Å². The van der Waals surface area contributed by atoms with Gasteiger partial charge in [-0.15, -0.1) is 0 Å². The molecular formula is C21H39ClN2O8. The fraction of sp³-hybridized carbons (Fsp3) is 0.810. The van der Waals surface area contributed by atoms with E-state index in [1.165, 1.54) is 13.8 Å². The lowest BCUT2D eigenvalue weighted by atomic mass is 9.94. The molecule has 0 spiro atoms. The van der Waals surface area contributed by atoms with Gasteiger partial charge in [0, 0.05) is 13.1 Å². The third kappa shape index (κ3) is 16.5. The van der Waals surface area contributed by atoms with Crippen molar-refractivity contribution in [1.82, 2.24) is 10.6 Å². The van der Waals surface area contributed by atoms with Gasteiger partial charge >= 0.3 is 24.1 Å². The number of hydrogen-bond donors (Lipinski definition) is 3. The van der Waals surface area contributed by atoms with E-state index in [0.29, 0.717) is 0 Å². The van der Waals surface area contributed by atoms with Crippen molar-refractivity contribution < 1.29 is 38.5 Å². The number of amides is 2. The van der Waals surface area contributed by atoms with Crippen molar-refractivity contribution in [3.63, 3.8) is 0 Å². The fourth-order valence-electron chi connectivity index (χ4n) is 1.61. The Balaban J connectivity index is 0. The first-order chi connectivity index (χ1) is 14.1. The van der Waals surface area contributed by atoms with E-state index in [0.717, 1.165) is 0 Å². The van der Waals surface area contributed by atoms with Gasteiger partial charge in [-0.1, -0.05) is 11.6 Å². The number of esters is 1. The van der Waals surface area contributed by atoms with E-state index in [1.54, 1.807) is 55.4 Å². The van der Waals surface area contributed by atoms with Crippen LogP contribution in [-0.4, -0.2) is 59.6 Å². The molecule has 0 aliphatic heterocycles. The third-order valence-corrected chi connectivity index (χ3v) is 3.57. The number of halogens is 1. The molecule has 0 aromatic rings. The van der Waals surface area contributed by atoms with Gasteiger partial charge in [-0.25, -0.2) is 9.59 Å². The van der Waals surface area contributed by atoms with Gasteiger partial charge in [-0.2, -0.15) is 0 Å². The van der Waals surface area contributed by atoms with Crippen LogP contribution < -0.4 is 10.6 Å². The van der Waals surface area contributed by atoms with Crippen LogP contribution >= 0.6 is 11.6 Å². The summed E-state index contributed by atoms with van der Waals surface area (Å²) in [5.74, 6) is -1.43. The molecule has 32 heavy (non-hydrogen) atoms. The van der Waals surface area contributed by atoms with E-state index < -0.39 is 46.2 Å². The number of aliphatic carboxylic acids is 1. The Hall–Kier alpha value is -2.23. The molecule has 11 heteroatoms. The second-order valence-corrected chi connectivity index (χ2v) is 10.5. The second kappa shape index (κ2) is 12.7. The molecule has 0 aromatic heterocycles. The summed E-state index contributed by atoms with van der Waals surface area (Å²) in [5.41, 5.74) is -2.97. The molecule has 0 aliphatic rings. The Morgan fingerprint density at radius 2 is 1.06 bits per heavy atom. The highest BCUT2D eigenvalue weighted by molar-refractivity contribution is 6.17.